The molecule has 8 heteroatoms. The van der Waals surface area contributed by atoms with Crippen LogP contribution in [0, 0.1) is 6.92 Å². The molecule has 2 N–H and O–H groups in total. The van der Waals surface area contributed by atoms with Crippen molar-refractivity contribution in [3.05, 3.63) is 29.3 Å². The minimum atomic E-state index is -3.26. The summed E-state index contributed by atoms with van der Waals surface area (Å²) in [6.07, 6.45) is 0. The van der Waals surface area contributed by atoms with E-state index >= 15 is 0 Å². The number of sulfonamides is 1. The van der Waals surface area contributed by atoms with Gasteiger partial charge >= 0.3 is 0 Å². The van der Waals surface area contributed by atoms with Gasteiger partial charge in [0.2, 0.25) is 10.0 Å². The zero-order valence-electron chi connectivity index (χ0n) is 16.7. The Bertz CT molecular complexity index is 700. The molecule has 7 nitrogen and oxygen atoms in total. The first-order chi connectivity index (χ1) is 12.3. The van der Waals surface area contributed by atoms with E-state index in [-0.39, 0.29) is 18.3 Å². The van der Waals surface area contributed by atoms with Gasteiger partial charge in [0.1, 0.15) is 5.75 Å². The summed E-state index contributed by atoms with van der Waals surface area (Å²) in [6, 6.07) is 5.96. The number of guanidine groups is 1. The third kappa shape index (κ3) is 6.17. The SMILES string of the molecule is CCN(CC)S(=O)(=O)CCNC(=NC)NC(C)c1cc(C)ccc1OC. The molecule has 148 valence electrons. The Morgan fingerprint density at radius 2 is 1.96 bits per heavy atom. The van der Waals surface area contributed by atoms with E-state index in [1.165, 1.54) is 4.31 Å². The van der Waals surface area contributed by atoms with Crippen LogP contribution in [-0.4, -0.2) is 58.2 Å². The molecule has 0 saturated heterocycles. The predicted octanol–water partition coefficient (Wildman–Crippen LogP) is 1.90. The normalized spacial score (nSPS) is 13.6. The maximum Gasteiger partial charge on any atom is 0.215 e. The van der Waals surface area contributed by atoms with Crippen LogP contribution in [0.15, 0.2) is 23.2 Å². The molecule has 1 atom stereocenters. The molecule has 0 heterocycles. The van der Waals surface area contributed by atoms with E-state index in [0.717, 1.165) is 16.9 Å². The van der Waals surface area contributed by atoms with Crippen molar-refractivity contribution >= 4 is 16.0 Å². The molecule has 0 aliphatic carbocycles. The van der Waals surface area contributed by atoms with E-state index in [1.54, 1.807) is 14.2 Å². The number of benzene rings is 1. The van der Waals surface area contributed by atoms with Gasteiger partial charge in [-0.1, -0.05) is 31.5 Å². The second kappa shape index (κ2) is 10.4. The highest BCUT2D eigenvalue weighted by Crippen LogP contribution is 2.25. The molecule has 0 fully saturated rings. The molecular formula is C18H32N4O3S. The molecule has 26 heavy (non-hydrogen) atoms. The van der Waals surface area contributed by atoms with E-state index in [2.05, 4.69) is 21.7 Å². The lowest BCUT2D eigenvalue weighted by atomic mass is 10.0. The average Bonchev–Trinajstić information content (AvgIpc) is 2.61. The molecule has 0 spiro atoms. The number of methoxy groups -OCH3 is 1. The van der Waals surface area contributed by atoms with Crippen molar-refractivity contribution < 1.29 is 13.2 Å². The number of aliphatic imine (C=N–C) groups is 1. The van der Waals surface area contributed by atoms with Gasteiger partial charge in [-0.2, -0.15) is 0 Å². The van der Waals surface area contributed by atoms with Crippen LogP contribution in [0.3, 0.4) is 0 Å². The Morgan fingerprint density at radius 1 is 1.31 bits per heavy atom. The van der Waals surface area contributed by atoms with Crippen molar-refractivity contribution in [2.45, 2.75) is 33.7 Å². The van der Waals surface area contributed by atoms with Crippen LogP contribution in [0.1, 0.15) is 37.9 Å². The summed E-state index contributed by atoms with van der Waals surface area (Å²) in [5, 5.41) is 6.35. The van der Waals surface area contributed by atoms with Crippen molar-refractivity contribution in [2.75, 3.05) is 39.5 Å². The summed E-state index contributed by atoms with van der Waals surface area (Å²) in [7, 11) is 0.0507. The summed E-state index contributed by atoms with van der Waals surface area (Å²) in [5.74, 6) is 1.38. The van der Waals surface area contributed by atoms with Crippen molar-refractivity contribution in [1.82, 2.24) is 14.9 Å². The largest absolute Gasteiger partial charge is 0.496 e. The van der Waals surface area contributed by atoms with Gasteiger partial charge in [-0.15, -0.1) is 0 Å². The van der Waals surface area contributed by atoms with E-state index in [9.17, 15) is 8.42 Å². The van der Waals surface area contributed by atoms with Gasteiger partial charge < -0.3 is 15.4 Å². The van der Waals surface area contributed by atoms with Gasteiger partial charge in [-0.3, -0.25) is 4.99 Å². The molecular weight excluding hydrogens is 352 g/mol. The predicted molar refractivity (Wildman–Crippen MR) is 107 cm³/mol. The first kappa shape index (κ1) is 22.2. The number of aryl methyl sites for hydroxylation is 1. The highest BCUT2D eigenvalue weighted by molar-refractivity contribution is 7.89. The molecule has 0 amide bonds. The Balaban J connectivity index is 2.70. The number of hydrogen-bond donors (Lipinski definition) is 2. The summed E-state index contributed by atoms with van der Waals surface area (Å²) in [4.78, 5) is 4.18. The first-order valence-electron chi connectivity index (χ1n) is 8.88. The fraction of sp³-hybridized carbons (Fsp3) is 0.611. The van der Waals surface area contributed by atoms with Crippen LogP contribution in [-0.2, 0) is 10.0 Å². The van der Waals surface area contributed by atoms with Gasteiger partial charge in [-0.05, 0) is 19.9 Å². The second-order valence-corrected chi connectivity index (χ2v) is 8.10. The minimum absolute atomic E-state index is 0.0253. The monoisotopic (exact) mass is 384 g/mol. The quantitative estimate of drug-likeness (QED) is 0.502. The van der Waals surface area contributed by atoms with Crippen LogP contribution in [0.2, 0.25) is 0 Å². The number of ether oxygens (including phenoxy) is 1. The highest BCUT2D eigenvalue weighted by atomic mass is 32.2. The van der Waals surface area contributed by atoms with Crippen molar-refractivity contribution in [3.8, 4) is 5.75 Å². The summed E-state index contributed by atoms with van der Waals surface area (Å²) in [5.41, 5.74) is 2.16. The molecule has 1 aromatic rings. The Kier molecular flexibility index (Phi) is 8.87. The van der Waals surface area contributed by atoms with E-state index in [1.807, 2.05) is 39.8 Å². The number of nitrogens with zero attached hydrogens (tertiary/aromatic N) is 2. The second-order valence-electron chi connectivity index (χ2n) is 6.01. The fourth-order valence-corrected chi connectivity index (χ4v) is 4.12. The van der Waals surface area contributed by atoms with Crippen LogP contribution in [0.5, 0.6) is 5.75 Å². The van der Waals surface area contributed by atoms with E-state index < -0.39 is 10.0 Å². The lowest BCUT2D eigenvalue weighted by Crippen LogP contribution is -2.42. The zero-order chi connectivity index (χ0) is 19.7. The number of nitrogens with one attached hydrogen (secondary N) is 2. The Labute approximate surface area is 157 Å². The van der Waals surface area contributed by atoms with Gasteiger partial charge in [0.05, 0.1) is 18.9 Å². The van der Waals surface area contributed by atoms with Crippen LogP contribution in [0.25, 0.3) is 0 Å². The molecule has 0 radical (unpaired) electrons. The third-order valence-electron chi connectivity index (χ3n) is 4.18. The maximum atomic E-state index is 12.2. The topological polar surface area (TPSA) is 83.0 Å². The van der Waals surface area contributed by atoms with Gasteiger partial charge in [0.15, 0.2) is 5.96 Å². The van der Waals surface area contributed by atoms with Crippen molar-refractivity contribution in [3.63, 3.8) is 0 Å². The molecule has 0 bridgehead atoms. The van der Waals surface area contributed by atoms with Crippen LogP contribution < -0.4 is 15.4 Å². The molecule has 0 aliphatic rings. The third-order valence-corrected chi connectivity index (χ3v) is 6.20. The molecule has 1 unspecified atom stereocenters. The van der Waals surface area contributed by atoms with Crippen LogP contribution in [0.4, 0.5) is 0 Å². The summed E-state index contributed by atoms with van der Waals surface area (Å²) >= 11 is 0. The minimum Gasteiger partial charge on any atom is -0.496 e. The van der Waals surface area contributed by atoms with E-state index in [4.69, 9.17) is 4.74 Å². The molecule has 0 aromatic heterocycles. The molecule has 1 rings (SSSR count). The highest BCUT2D eigenvalue weighted by Gasteiger charge is 2.19. The standard InChI is InChI=1S/C18H32N4O3S/c1-7-22(8-2)26(23,24)12-11-20-18(19-5)21-15(4)16-13-14(3)9-10-17(16)25-6/h9-10,13,15H,7-8,11-12H2,1-6H3,(H2,19,20,21). The lowest BCUT2D eigenvalue weighted by molar-refractivity contribution is 0.405. The van der Waals surface area contributed by atoms with Crippen molar-refractivity contribution in [2.24, 2.45) is 4.99 Å². The Hall–Kier alpha value is -1.80. The number of rotatable bonds is 9. The lowest BCUT2D eigenvalue weighted by Gasteiger charge is -2.22. The van der Waals surface area contributed by atoms with Crippen LogP contribution >= 0.6 is 0 Å². The average molecular weight is 385 g/mol. The van der Waals surface area contributed by atoms with Gasteiger partial charge in [-0.25, -0.2) is 12.7 Å². The number of hydrogen-bond acceptors (Lipinski definition) is 4. The van der Waals surface area contributed by atoms with Gasteiger partial charge in [0.25, 0.3) is 0 Å². The smallest absolute Gasteiger partial charge is 0.215 e. The van der Waals surface area contributed by atoms with Crippen molar-refractivity contribution in [1.29, 1.82) is 0 Å². The molecule has 0 aliphatic heterocycles. The molecule has 0 saturated carbocycles. The van der Waals surface area contributed by atoms with E-state index in [0.29, 0.717) is 19.0 Å². The fourth-order valence-electron chi connectivity index (χ4n) is 2.71. The Morgan fingerprint density at radius 3 is 2.50 bits per heavy atom. The van der Waals surface area contributed by atoms with Gasteiger partial charge in [0, 0.05) is 32.2 Å². The molecule has 1 aromatic carbocycles. The summed E-state index contributed by atoms with van der Waals surface area (Å²) in [6.45, 7) is 8.97. The first-order valence-corrected chi connectivity index (χ1v) is 10.5. The summed E-state index contributed by atoms with van der Waals surface area (Å²) < 4.78 is 31.4. The zero-order valence-corrected chi connectivity index (χ0v) is 17.5. The maximum absolute atomic E-state index is 12.2.